The molecule has 0 radical (unpaired) electrons. The van der Waals surface area contributed by atoms with Gasteiger partial charge in [0.2, 0.25) is 0 Å². The lowest BCUT2D eigenvalue weighted by molar-refractivity contribution is -0.000885. The number of nitrogens with one attached hydrogen (secondary N) is 1. The molecule has 0 saturated carbocycles. The molecule has 3 heterocycles. The number of benzene rings is 1. The van der Waals surface area contributed by atoms with E-state index in [-0.39, 0.29) is 6.09 Å². The minimum absolute atomic E-state index is 0.209. The van der Waals surface area contributed by atoms with Crippen LogP contribution in [0.15, 0.2) is 36.5 Å². The van der Waals surface area contributed by atoms with Crippen molar-refractivity contribution in [2.24, 2.45) is 5.92 Å². The van der Waals surface area contributed by atoms with E-state index in [1.54, 1.807) is 4.90 Å². The Bertz CT molecular complexity index is 834. The highest BCUT2D eigenvalue weighted by Gasteiger charge is 2.33. The summed E-state index contributed by atoms with van der Waals surface area (Å²) < 4.78 is 5.41. The molecule has 142 valence electrons. The summed E-state index contributed by atoms with van der Waals surface area (Å²) in [6.07, 6.45) is 3.77. The van der Waals surface area contributed by atoms with Gasteiger partial charge in [0.1, 0.15) is 5.60 Å². The molecule has 27 heavy (non-hydrogen) atoms. The molecule has 1 N–H and O–H groups in total. The molecule has 4 rings (SSSR count). The van der Waals surface area contributed by atoms with Crippen molar-refractivity contribution < 1.29 is 9.53 Å². The SMILES string of the molecule is CC(C)(C)OC(=O)N1CC(Cc2ccc(-c3cccc4c3CCN4)nc2)C1. The number of amides is 1. The van der Waals surface area contributed by atoms with Gasteiger partial charge in [0.25, 0.3) is 0 Å². The minimum Gasteiger partial charge on any atom is -0.444 e. The van der Waals surface area contributed by atoms with E-state index in [0.717, 1.165) is 38.2 Å². The monoisotopic (exact) mass is 365 g/mol. The van der Waals surface area contributed by atoms with Gasteiger partial charge in [0.05, 0.1) is 5.69 Å². The number of carbonyl (C=O) groups is 1. The molecular weight excluding hydrogens is 338 g/mol. The van der Waals surface area contributed by atoms with Crippen LogP contribution in [-0.2, 0) is 17.6 Å². The third kappa shape index (κ3) is 3.92. The Hall–Kier alpha value is -2.56. The second-order valence-electron chi connectivity index (χ2n) is 8.52. The van der Waals surface area contributed by atoms with Crippen LogP contribution in [0.1, 0.15) is 31.9 Å². The van der Waals surface area contributed by atoms with Gasteiger partial charge in [-0.2, -0.15) is 0 Å². The number of fused-ring (bicyclic) bond motifs is 1. The summed E-state index contributed by atoms with van der Waals surface area (Å²) >= 11 is 0. The fraction of sp³-hybridized carbons (Fsp3) is 0.455. The van der Waals surface area contributed by atoms with Crippen molar-refractivity contribution in [3.63, 3.8) is 0 Å². The third-order valence-corrected chi connectivity index (χ3v) is 5.10. The first-order valence-electron chi connectivity index (χ1n) is 9.68. The van der Waals surface area contributed by atoms with Gasteiger partial charge >= 0.3 is 6.09 Å². The lowest BCUT2D eigenvalue weighted by Crippen LogP contribution is -2.52. The summed E-state index contributed by atoms with van der Waals surface area (Å²) in [6.45, 7) is 8.21. The van der Waals surface area contributed by atoms with Crippen LogP contribution in [0, 0.1) is 5.92 Å². The topological polar surface area (TPSA) is 54.5 Å². The molecule has 1 saturated heterocycles. The standard InChI is InChI=1S/C22H27N3O2/c1-22(2,3)27-21(26)25-13-16(14-25)11-15-7-8-20(24-12-15)17-5-4-6-19-18(17)9-10-23-19/h4-8,12,16,23H,9-11,13-14H2,1-3H3. The predicted octanol–water partition coefficient (Wildman–Crippen LogP) is 4.13. The second kappa shape index (κ2) is 6.87. The van der Waals surface area contributed by atoms with E-state index < -0.39 is 5.60 Å². The van der Waals surface area contributed by atoms with Gasteiger partial charge in [-0.1, -0.05) is 18.2 Å². The van der Waals surface area contributed by atoms with Crippen LogP contribution in [0.25, 0.3) is 11.3 Å². The van der Waals surface area contributed by atoms with E-state index in [4.69, 9.17) is 9.72 Å². The number of likely N-dealkylation sites (tertiary alicyclic amines) is 1. The maximum absolute atomic E-state index is 12.0. The van der Waals surface area contributed by atoms with Crippen molar-refractivity contribution in [2.45, 2.75) is 39.2 Å². The largest absolute Gasteiger partial charge is 0.444 e. The molecule has 0 unspecified atom stereocenters. The Morgan fingerprint density at radius 2 is 2.07 bits per heavy atom. The molecule has 2 aliphatic heterocycles. The van der Waals surface area contributed by atoms with Gasteiger partial charge in [-0.15, -0.1) is 0 Å². The van der Waals surface area contributed by atoms with Crippen LogP contribution in [0.5, 0.6) is 0 Å². The lowest BCUT2D eigenvalue weighted by atomic mass is 9.93. The fourth-order valence-electron chi connectivity index (χ4n) is 3.80. The molecule has 2 aromatic rings. The van der Waals surface area contributed by atoms with E-state index >= 15 is 0 Å². The summed E-state index contributed by atoms with van der Waals surface area (Å²) in [5, 5.41) is 3.42. The van der Waals surface area contributed by atoms with Crippen molar-refractivity contribution in [3.8, 4) is 11.3 Å². The minimum atomic E-state index is -0.435. The molecule has 1 amide bonds. The zero-order valence-electron chi connectivity index (χ0n) is 16.3. The number of aromatic nitrogens is 1. The number of carbonyl (C=O) groups excluding carboxylic acids is 1. The molecule has 0 aliphatic carbocycles. The second-order valence-corrected chi connectivity index (χ2v) is 8.52. The Morgan fingerprint density at radius 3 is 2.78 bits per heavy atom. The van der Waals surface area contributed by atoms with Crippen molar-refractivity contribution in [1.82, 2.24) is 9.88 Å². The molecular formula is C22H27N3O2. The van der Waals surface area contributed by atoms with Gasteiger partial charge in [0.15, 0.2) is 0 Å². The highest BCUT2D eigenvalue weighted by molar-refractivity contribution is 5.73. The van der Waals surface area contributed by atoms with Crippen LogP contribution < -0.4 is 5.32 Å². The Balaban J connectivity index is 1.35. The normalized spacial score (nSPS) is 16.5. The van der Waals surface area contributed by atoms with Crippen LogP contribution in [0.3, 0.4) is 0 Å². The first-order valence-corrected chi connectivity index (χ1v) is 9.68. The van der Waals surface area contributed by atoms with Crippen molar-refractivity contribution in [1.29, 1.82) is 0 Å². The molecule has 1 aromatic carbocycles. The Kier molecular flexibility index (Phi) is 4.54. The highest BCUT2D eigenvalue weighted by Crippen LogP contribution is 2.32. The molecule has 1 aromatic heterocycles. The maximum atomic E-state index is 12.0. The summed E-state index contributed by atoms with van der Waals surface area (Å²) in [4.78, 5) is 18.5. The number of ether oxygens (including phenoxy) is 1. The lowest BCUT2D eigenvalue weighted by Gasteiger charge is -2.39. The smallest absolute Gasteiger partial charge is 0.410 e. The van der Waals surface area contributed by atoms with E-state index in [1.807, 2.05) is 27.0 Å². The molecule has 1 fully saturated rings. The van der Waals surface area contributed by atoms with Crippen molar-refractivity contribution in [2.75, 3.05) is 25.0 Å². The number of rotatable bonds is 3. The van der Waals surface area contributed by atoms with E-state index in [0.29, 0.717) is 5.92 Å². The van der Waals surface area contributed by atoms with Crippen molar-refractivity contribution in [3.05, 3.63) is 47.7 Å². The summed E-state index contributed by atoms with van der Waals surface area (Å²) in [7, 11) is 0. The van der Waals surface area contributed by atoms with Gasteiger partial charge in [0, 0.05) is 37.1 Å². The molecule has 0 spiro atoms. The number of hydrogen-bond acceptors (Lipinski definition) is 4. The van der Waals surface area contributed by atoms with Crippen LogP contribution in [0.2, 0.25) is 0 Å². The fourth-order valence-corrected chi connectivity index (χ4v) is 3.80. The predicted molar refractivity (Wildman–Crippen MR) is 107 cm³/mol. The zero-order valence-corrected chi connectivity index (χ0v) is 16.3. The molecule has 2 aliphatic rings. The molecule has 5 nitrogen and oxygen atoms in total. The molecule has 0 bridgehead atoms. The van der Waals surface area contributed by atoms with Crippen LogP contribution in [0.4, 0.5) is 10.5 Å². The Morgan fingerprint density at radius 1 is 1.26 bits per heavy atom. The Labute approximate surface area is 160 Å². The van der Waals surface area contributed by atoms with Gasteiger partial charge < -0.3 is 15.0 Å². The van der Waals surface area contributed by atoms with E-state index in [2.05, 4.69) is 35.6 Å². The van der Waals surface area contributed by atoms with Crippen LogP contribution in [-0.4, -0.2) is 41.2 Å². The number of anilines is 1. The van der Waals surface area contributed by atoms with Gasteiger partial charge in [-0.25, -0.2) is 4.79 Å². The third-order valence-electron chi connectivity index (χ3n) is 5.10. The highest BCUT2D eigenvalue weighted by atomic mass is 16.6. The van der Waals surface area contributed by atoms with Gasteiger partial charge in [-0.3, -0.25) is 4.98 Å². The van der Waals surface area contributed by atoms with Crippen molar-refractivity contribution >= 4 is 11.8 Å². The number of hydrogen-bond donors (Lipinski definition) is 1. The number of nitrogens with zero attached hydrogens (tertiary/aromatic N) is 2. The zero-order chi connectivity index (χ0) is 19.0. The van der Waals surface area contributed by atoms with Crippen LogP contribution >= 0.6 is 0 Å². The first-order chi connectivity index (χ1) is 12.9. The average molecular weight is 365 g/mol. The summed E-state index contributed by atoms with van der Waals surface area (Å²) in [6, 6.07) is 10.7. The van der Waals surface area contributed by atoms with E-state index in [1.165, 1.54) is 22.4 Å². The first kappa shape index (κ1) is 17.8. The van der Waals surface area contributed by atoms with Gasteiger partial charge in [-0.05, 0) is 62.8 Å². The van der Waals surface area contributed by atoms with E-state index in [9.17, 15) is 4.79 Å². The summed E-state index contributed by atoms with van der Waals surface area (Å²) in [5.41, 5.74) is 5.64. The molecule has 5 heteroatoms. The number of pyridine rings is 1. The average Bonchev–Trinajstić information content (AvgIpc) is 3.05. The molecule has 0 atom stereocenters. The maximum Gasteiger partial charge on any atom is 0.410 e. The quantitative estimate of drug-likeness (QED) is 0.889. The summed E-state index contributed by atoms with van der Waals surface area (Å²) in [5.74, 6) is 0.482.